The Balaban J connectivity index is 2.07. The molecule has 4 heteroatoms. The van der Waals surface area contributed by atoms with Crippen molar-refractivity contribution in [1.29, 1.82) is 0 Å². The molecule has 1 aliphatic rings. The molecule has 2 rings (SSSR count). The van der Waals surface area contributed by atoms with Crippen molar-refractivity contribution in [3.05, 3.63) is 23.3 Å². The zero-order valence-corrected chi connectivity index (χ0v) is 12.5. The highest BCUT2D eigenvalue weighted by molar-refractivity contribution is 5.48. The average molecular weight is 264 g/mol. The zero-order valence-electron chi connectivity index (χ0n) is 12.5. The maximum atomic E-state index is 5.44. The van der Waals surface area contributed by atoms with E-state index in [1.807, 2.05) is 7.05 Å². The number of rotatable bonds is 5. The second-order valence-electron chi connectivity index (χ2n) is 5.94. The largest absolute Gasteiger partial charge is 0.454 e. The number of ether oxygens (including phenoxy) is 2. The second kappa shape index (κ2) is 5.39. The van der Waals surface area contributed by atoms with Gasteiger partial charge in [0.15, 0.2) is 11.5 Å². The van der Waals surface area contributed by atoms with Gasteiger partial charge in [-0.3, -0.25) is 0 Å². The molecule has 0 aliphatic carbocycles. The van der Waals surface area contributed by atoms with Crippen molar-refractivity contribution in [3.63, 3.8) is 0 Å². The van der Waals surface area contributed by atoms with Gasteiger partial charge < -0.3 is 19.7 Å². The standard InChI is InChI=1S/C15H24N2O2/c1-11-6-13-14(19-10-18-13)7-12(11)8-17(5)9-15(2,3)16-4/h6-7,16H,8-10H2,1-5H3. The molecule has 1 heterocycles. The minimum Gasteiger partial charge on any atom is -0.454 e. The fraction of sp³-hybridized carbons (Fsp3) is 0.600. The van der Waals surface area contributed by atoms with Crippen molar-refractivity contribution in [1.82, 2.24) is 10.2 Å². The number of benzene rings is 1. The third-order valence-electron chi connectivity index (χ3n) is 3.61. The first-order valence-corrected chi connectivity index (χ1v) is 6.68. The van der Waals surface area contributed by atoms with Crippen LogP contribution in [0.15, 0.2) is 12.1 Å². The van der Waals surface area contributed by atoms with Crippen LogP contribution in [0.25, 0.3) is 0 Å². The first kappa shape index (κ1) is 14.2. The lowest BCUT2D eigenvalue weighted by molar-refractivity contribution is 0.174. The van der Waals surface area contributed by atoms with E-state index in [4.69, 9.17) is 9.47 Å². The van der Waals surface area contributed by atoms with Crippen LogP contribution >= 0.6 is 0 Å². The smallest absolute Gasteiger partial charge is 0.231 e. The number of nitrogens with one attached hydrogen (secondary N) is 1. The van der Waals surface area contributed by atoms with Gasteiger partial charge in [0.1, 0.15) is 0 Å². The molecule has 0 aromatic heterocycles. The first-order chi connectivity index (χ1) is 8.91. The van der Waals surface area contributed by atoms with Gasteiger partial charge in [0, 0.05) is 18.6 Å². The molecule has 0 radical (unpaired) electrons. The van der Waals surface area contributed by atoms with E-state index in [-0.39, 0.29) is 5.54 Å². The highest BCUT2D eigenvalue weighted by Crippen LogP contribution is 2.34. The number of fused-ring (bicyclic) bond motifs is 1. The molecule has 0 fully saturated rings. The lowest BCUT2D eigenvalue weighted by atomic mass is 10.0. The van der Waals surface area contributed by atoms with Gasteiger partial charge >= 0.3 is 0 Å². The van der Waals surface area contributed by atoms with Crippen molar-refractivity contribution in [2.75, 3.05) is 27.4 Å². The summed E-state index contributed by atoms with van der Waals surface area (Å²) >= 11 is 0. The van der Waals surface area contributed by atoms with Crippen LogP contribution in [0.5, 0.6) is 11.5 Å². The zero-order chi connectivity index (χ0) is 14.0. The normalized spacial score (nSPS) is 14.2. The van der Waals surface area contributed by atoms with E-state index in [1.54, 1.807) is 0 Å². The van der Waals surface area contributed by atoms with Gasteiger partial charge in [-0.05, 0) is 58.1 Å². The van der Waals surface area contributed by atoms with Crippen LogP contribution in [0.1, 0.15) is 25.0 Å². The van der Waals surface area contributed by atoms with Crippen LogP contribution in [-0.4, -0.2) is 37.9 Å². The van der Waals surface area contributed by atoms with Crippen LogP contribution in [0, 0.1) is 6.92 Å². The minimum absolute atomic E-state index is 0.110. The number of nitrogens with zero attached hydrogens (tertiary/aromatic N) is 1. The number of aryl methyl sites for hydroxylation is 1. The summed E-state index contributed by atoms with van der Waals surface area (Å²) in [6, 6.07) is 4.16. The highest BCUT2D eigenvalue weighted by atomic mass is 16.7. The second-order valence-corrected chi connectivity index (χ2v) is 5.94. The molecule has 0 spiro atoms. The lowest BCUT2D eigenvalue weighted by Crippen LogP contribution is -2.46. The Morgan fingerprint density at radius 1 is 1.26 bits per heavy atom. The van der Waals surface area contributed by atoms with E-state index in [0.717, 1.165) is 24.6 Å². The molecule has 1 aromatic rings. The van der Waals surface area contributed by atoms with Crippen LogP contribution in [0.3, 0.4) is 0 Å². The van der Waals surface area contributed by atoms with Crippen molar-refractivity contribution < 1.29 is 9.47 Å². The molecule has 4 nitrogen and oxygen atoms in total. The third kappa shape index (κ3) is 3.39. The van der Waals surface area contributed by atoms with Crippen molar-refractivity contribution >= 4 is 0 Å². The fourth-order valence-corrected chi connectivity index (χ4v) is 2.36. The monoisotopic (exact) mass is 264 g/mol. The predicted molar refractivity (Wildman–Crippen MR) is 76.8 cm³/mol. The van der Waals surface area contributed by atoms with E-state index in [2.05, 4.69) is 50.2 Å². The van der Waals surface area contributed by atoms with Crippen molar-refractivity contribution in [3.8, 4) is 11.5 Å². The van der Waals surface area contributed by atoms with Gasteiger partial charge in [0.25, 0.3) is 0 Å². The molecular formula is C15H24N2O2. The summed E-state index contributed by atoms with van der Waals surface area (Å²) < 4.78 is 10.8. The molecule has 0 unspecified atom stereocenters. The fourth-order valence-electron chi connectivity index (χ4n) is 2.36. The Morgan fingerprint density at radius 3 is 2.53 bits per heavy atom. The van der Waals surface area contributed by atoms with Crippen molar-refractivity contribution in [2.45, 2.75) is 32.9 Å². The molecule has 0 saturated heterocycles. The Labute approximate surface area is 115 Å². The van der Waals surface area contributed by atoms with Gasteiger partial charge in [-0.2, -0.15) is 0 Å². The summed E-state index contributed by atoms with van der Waals surface area (Å²) in [5.41, 5.74) is 2.65. The Kier molecular flexibility index (Phi) is 4.02. The molecule has 1 N–H and O–H groups in total. The van der Waals surface area contributed by atoms with Gasteiger partial charge in [0.05, 0.1) is 0 Å². The highest BCUT2D eigenvalue weighted by Gasteiger charge is 2.19. The summed E-state index contributed by atoms with van der Waals surface area (Å²) in [4.78, 5) is 2.32. The van der Waals surface area contributed by atoms with Gasteiger partial charge in [-0.1, -0.05) is 0 Å². The molecule has 19 heavy (non-hydrogen) atoms. The summed E-state index contributed by atoms with van der Waals surface area (Å²) in [6.07, 6.45) is 0. The van der Waals surface area contributed by atoms with E-state index < -0.39 is 0 Å². The van der Waals surface area contributed by atoms with Crippen LogP contribution < -0.4 is 14.8 Å². The van der Waals surface area contributed by atoms with E-state index >= 15 is 0 Å². The topological polar surface area (TPSA) is 33.7 Å². The summed E-state index contributed by atoms with van der Waals surface area (Å²) in [5, 5.41) is 3.33. The molecule has 0 amide bonds. The minimum atomic E-state index is 0.110. The SMILES string of the molecule is CNC(C)(C)CN(C)Cc1cc2c(cc1C)OCO2. The third-order valence-corrected chi connectivity index (χ3v) is 3.61. The molecule has 0 saturated carbocycles. The maximum absolute atomic E-state index is 5.44. The molecular weight excluding hydrogens is 240 g/mol. The molecule has 0 atom stereocenters. The predicted octanol–water partition coefficient (Wildman–Crippen LogP) is 2.15. The Morgan fingerprint density at radius 2 is 1.89 bits per heavy atom. The lowest BCUT2D eigenvalue weighted by Gasteiger charge is -2.30. The van der Waals surface area contributed by atoms with Crippen LogP contribution in [0.2, 0.25) is 0 Å². The molecule has 1 aromatic carbocycles. The van der Waals surface area contributed by atoms with E-state index in [9.17, 15) is 0 Å². The van der Waals surface area contributed by atoms with Gasteiger partial charge in [0.2, 0.25) is 6.79 Å². The van der Waals surface area contributed by atoms with E-state index in [1.165, 1.54) is 11.1 Å². The summed E-state index contributed by atoms with van der Waals surface area (Å²) in [7, 11) is 4.14. The van der Waals surface area contributed by atoms with Crippen LogP contribution in [0.4, 0.5) is 0 Å². The maximum Gasteiger partial charge on any atom is 0.231 e. The molecule has 1 aliphatic heterocycles. The number of likely N-dealkylation sites (N-methyl/N-ethyl adjacent to an activating group) is 2. The van der Waals surface area contributed by atoms with Gasteiger partial charge in [-0.15, -0.1) is 0 Å². The van der Waals surface area contributed by atoms with E-state index in [0.29, 0.717) is 6.79 Å². The quantitative estimate of drug-likeness (QED) is 0.883. The van der Waals surface area contributed by atoms with Crippen LogP contribution in [-0.2, 0) is 6.54 Å². The Hall–Kier alpha value is -1.26. The van der Waals surface area contributed by atoms with Crippen molar-refractivity contribution in [2.24, 2.45) is 0 Å². The Bertz CT molecular complexity index is 458. The number of hydrogen-bond acceptors (Lipinski definition) is 4. The molecule has 0 bridgehead atoms. The number of hydrogen-bond donors (Lipinski definition) is 1. The first-order valence-electron chi connectivity index (χ1n) is 6.68. The summed E-state index contributed by atoms with van der Waals surface area (Å²) in [5.74, 6) is 1.72. The summed E-state index contributed by atoms with van der Waals surface area (Å²) in [6.45, 7) is 8.76. The van der Waals surface area contributed by atoms with Gasteiger partial charge in [-0.25, -0.2) is 0 Å². The average Bonchev–Trinajstić information content (AvgIpc) is 2.76. The molecule has 106 valence electrons.